The van der Waals surface area contributed by atoms with Gasteiger partial charge in [0.1, 0.15) is 0 Å². The number of amides is 1. The fraction of sp³-hybridized carbons (Fsp3) is 0.875. The number of likely N-dealkylation sites (tertiary alicyclic amines) is 1. The van der Waals surface area contributed by atoms with Gasteiger partial charge in [-0.15, -0.1) is 24.0 Å². The molecule has 5 nitrogen and oxygen atoms in total. The van der Waals surface area contributed by atoms with Crippen LogP contribution in [0.25, 0.3) is 0 Å². The van der Waals surface area contributed by atoms with Gasteiger partial charge in [-0.1, -0.05) is 13.8 Å². The minimum Gasteiger partial charge on any atom is -0.356 e. The number of carbonyl (C=O) groups excluding carboxylic acids is 1. The molecule has 0 aromatic rings. The van der Waals surface area contributed by atoms with Crippen molar-refractivity contribution in [2.24, 2.45) is 22.2 Å². The highest BCUT2D eigenvalue weighted by Crippen LogP contribution is 2.21. The van der Waals surface area contributed by atoms with E-state index in [4.69, 9.17) is 0 Å². The molecule has 0 aliphatic carbocycles. The zero-order valence-electron chi connectivity index (χ0n) is 14.9. The van der Waals surface area contributed by atoms with Gasteiger partial charge in [-0.3, -0.25) is 9.79 Å². The summed E-state index contributed by atoms with van der Waals surface area (Å²) in [6.45, 7) is 13.7. The summed E-state index contributed by atoms with van der Waals surface area (Å²) in [6.07, 6.45) is 1.28. The number of piperidine rings is 1. The number of nitrogens with one attached hydrogen (secondary N) is 2. The van der Waals surface area contributed by atoms with Gasteiger partial charge in [0.15, 0.2) is 5.96 Å². The molecular weight excluding hydrogens is 391 g/mol. The highest BCUT2D eigenvalue weighted by molar-refractivity contribution is 14.0. The van der Waals surface area contributed by atoms with Crippen LogP contribution < -0.4 is 10.6 Å². The van der Waals surface area contributed by atoms with E-state index >= 15 is 0 Å². The fourth-order valence-corrected chi connectivity index (χ4v) is 2.95. The van der Waals surface area contributed by atoms with Crippen LogP contribution in [0, 0.1) is 17.3 Å². The fourth-order valence-electron chi connectivity index (χ4n) is 2.95. The van der Waals surface area contributed by atoms with E-state index in [0.717, 1.165) is 19.0 Å². The van der Waals surface area contributed by atoms with E-state index in [1.54, 1.807) is 0 Å². The van der Waals surface area contributed by atoms with Crippen molar-refractivity contribution in [3.05, 3.63) is 0 Å². The van der Waals surface area contributed by atoms with E-state index in [-0.39, 0.29) is 29.9 Å². The first-order valence-electron chi connectivity index (χ1n) is 8.04. The van der Waals surface area contributed by atoms with Crippen molar-refractivity contribution in [2.75, 3.05) is 33.2 Å². The van der Waals surface area contributed by atoms with E-state index in [1.807, 2.05) is 27.8 Å². The Labute approximate surface area is 152 Å². The molecule has 0 bridgehead atoms. The van der Waals surface area contributed by atoms with Crippen molar-refractivity contribution in [3.63, 3.8) is 0 Å². The number of carbonyl (C=O) groups is 1. The Kier molecular flexibility index (Phi) is 9.34. The molecular formula is C16H33IN4O. The van der Waals surface area contributed by atoms with Crippen LogP contribution in [0.5, 0.6) is 0 Å². The van der Waals surface area contributed by atoms with Crippen LogP contribution in [-0.2, 0) is 4.79 Å². The average Bonchev–Trinajstić information content (AvgIpc) is 2.38. The molecule has 1 rings (SSSR count). The summed E-state index contributed by atoms with van der Waals surface area (Å²) in [7, 11) is 1.81. The maximum atomic E-state index is 12.0. The summed E-state index contributed by atoms with van der Waals surface area (Å²) in [6, 6.07) is 0. The van der Waals surface area contributed by atoms with Gasteiger partial charge in [0.05, 0.1) is 5.41 Å². The number of hydrogen-bond acceptors (Lipinski definition) is 2. The van der Waals surface area contributed by atoms with E-state index in [9.17, 15) is 4.79 Å². The third-order valence-corrected chi connectivity index (χ3v) is 4.02. The van der Waals surface area contributed by atoms with Crippen molar-refractivity contribution < 1.29 is 4.79 Å². The zero-order chi connectivity index (χ0) is 16.0. The predicted octanol–water partition coefficient (Wildman–Crippen LogP) is 2.32. The molecule has 2 N–H and O–H groups in total. The van der Waals surface area contributed by atoms with Gasteiger partial charge in [0, 0.05) is 33.2 Å². The van der Waals surface area contributed by atoms with Gasteiger partial charge in [-0.05, 0) is 39.0 Å². The Morgan fingerprint density at radius 1 is 1.23 bits per heavy atom. The molecule has 1 saturated heterocycles. The monoisotopic (exact) mass is 424 g/mol. The topological polar surface area (TPSA) is 56.7 Å². The van der Waals surface area contributed by atoms with Crippen molar-refractivity contribution >= 4 is 35.8 Å². The lowest BCUT2D eigenvalue weighted by Gasteiger charge is -2.38. The number of rotatable bonds is 4. The highest BCUT2D eigenvalue weighted by atomic mass is 127. The van der Waals surface area contributed by atoms with Crippen LogP contribution in [0.4, 0.5) is 0 Å². The molecule has 0 spiro atoms. The lowest BCUT2D eigenvalue weighted by molar-refractivity contribution is -0.128. The molecule has 0 aromatic carbocycles. The van der Waals surface area contributed by atoms with Gasteiger partial charge in [0.25, 0.3) is 0 Å². The quantitative estimate of drug-likeness (QED) is 0.414. The summed E-state index contributed by atoms with van der Waals surface area (Å²) in [5, 5.41) is 6.26. The lowest BCUT2D eigenvalue weighted by Crippen LogP contribution is -2.52. The maximum Gasteiger partial charge on any atom is 0.227 e. The van der Waals surface area contributed by atoms with Crippen LogP contribution in [-0.4, -0.2) is 50.0 Å². The maximum absolute atomic E-state index is 12.0. The summed E-state index contributed by atoms with van der Waals surface area (Å²) in [5.74, 6) is 2.35. The molecule has 1 aliphatic heterocycles. The molecule has 0 aromatic heterocycles. The summed E-state index contributed by atoms with van der Waals surface area (Å²) in [4.78, 5) is 18.7. The van der Waals surface area contributed by atoms with Crippen LogP contribution >= 0.6 is 24.0 Å². The second kappa shape index (κ2) is 9.57. The largest absolute Gasteiger partial charge is 0.356 e. The molecule has 0 radical (unpaired) electrons. The van der Waals surface area contributed by atoms with Crippen LogP contribution in [0.15, 0.2) is 4.99 Å². The molecule has 1 amide bonds. The van der Waals surface area contributed by atoms with Gasteiger partial charge in [0.2, 0.25) is 5.91 Å². The van der Waals surface area contributed by atoms with E-state index in [1.165, 1.54) is 6.42 Å². The molecule has 2 atom stereocenters. The molecule has 1 fully saturated rings. The second-order valence-electron chi connectivity index (χ2n) is 7.00. The van der Waals surface area contributed by atoms with Crippen LogP contribution in [0.2, 0.25) is 0 Å². The summed E-state index contributed by atoms with van der Waals surface area (Å²) in [5.41, 5.74) is -0.445. The van der Waals surface area contributed by atoms with Crippen LogP contribution in [0.1, 0.15) is 41.0 Å². The van der Waals surface area contributed by atoms with Gasteiger partial charge >= 0.3 is 0 Å². The van der Waals surface area contributed by atoms with E-state index < -0.39 is 5.41 Å². The predicted molar refractivity (Wildman–Crippen MR) is 104 cm³/mol. The Morgan fingerprint density at radius 3 is 2.23 bits per heavy atom. The van der Waals surface area contributed by atoms with Gasteiger partial charge < -0.3 is 15.5 Å². The molecule has 22 heavy (non-hydrogen) atoms. The summed E-state index contributed by atoms with van der Waals surface area (Å²) < 4.78 is 0. The van der Waals surface area contributed by atoms with Gasteiger partial charge in [-0.25, -0.2) is 0 Å². The Balaban J connectivity index is 0.00000441. The smallest absolute Gasteiger partial charge is 0.227 e. The first-order valence-corrected chi connectivity index (χ1v) is 8.04. The zero-order valence-corrected chi connectivity index (χ0v) is 17.2. The lowest BCUT2D eigenvalue weighted by atomic mass is 9.91. The van der Waals surface area contributed by atoms with Gasteiger partial charge in [-0.2, -0.15) is 0 Å². The first-order chi connectivity index (χ1) is 9.80. The molecule has 1 aliphatic rings. The molecule has 1 heterocycles. The Morgan fingerprint density at radius 2 is 1.77 bits per heavy atom. The number of halogens is 1. The van der Waals surface area contributed by atoms with E-state index in [0.29, 0.717) is 24.9 Å². The normalized spacial score (nSPS) is 22.8. The molecule has 6 heteroatoms. The van der Waals surface area contributed by atoms with Crippen LogP contribution in [0.3, 0.4) is 0 Å². The Hall–Kier alpha value is -0.530. The molecule has 130 valence electrons. The number of nitrogens with zero attached hydrogens (tertiary/aromatic N) is 2. The molecule has 0 saturated carbocycles. The van der Waals surface area contributed by atoms with Crippen molar-refractivity contribution in [1.29, 1.82) is 0 Å². The number of hydrogen-bond donors (Lipinski definition) is 2. The summed E-state index contributed by atoms with van der Waals surface area (Å²) >= 11 is 0. The second-order valence-corrected chi connectivity index (χ2v) is 7.00. The van der Waals surface area contributed by atoms with Crippen molar-refractivity contribution in [1.82, 2.24) is 15.5 Å². The minimum atomic E-state index is -0.445. The standard InChI is InChI=1S/C16H32N4O.HI/c1-7-18-14(21)16(4,5)11-19-15(17-6)20-9-12(2)8-13(3)10-20;/h12-13H,7-11H2,1-6H3,(H,17,19)(H,18,21);1H. The third kappa shape index (κ3) is 6.30. The molecule has 2 unspecified atom stereocenters. The van der Waals surface area contributed by atoms with Crippen molar-refractivity contribution in [2.45, 2.75) is 41.0 Å². The third-order valence-electron chi connectivity index (χ3n) is 4.02. The minimum absolute atomic E-state index is 0. The number of aliphatic imine (C=N–C) groups is 1. The highest BCUT2D eigenvalue weighted by Gasteiger charge is 2.29. The Bertz CT molecular complexity index is 374. The SMILES string of the molecule is CCNC(=O)C(C)(C)CNC(=NC)N1CC(C)CC(C)C1.I. The van der Waals surface area contributed by atoms with E-state index in [2.05, 4.69) is 34.4 Å². The number of guanidine groups is 1. The van der Waals surface area contributed by atoms with Crippen molar-refractivity contribution in [3.8, 4) is 0 Å². The first kappa shape index (κ1) is 21.5. The average molecular weight is 424 g/mol.